The molecule has 53 heavy (non-hydrogen) atoms. The van der Waals surface area contributed by atoms with E-state index in [4.69, 9.17) is 4.74 Å². The zero-order valence-electron chi connectivity index (χ0n) is 28.7. The lowest BCUT2D eigenvalue weighted by atomic mass is 10.0. The van der Waals surface area contributed by atoms with Crippen molar-refractivity contribution >= 4 is 44.9 Å². The van der Waals surface area contributed by atoms with Crippen LogP contribution < -0.4 is 19.7 Å². The van der Waals surface area contributed by atoms with Crippen molar-refractivity contribution in [3.63, 3.8) is 0 Å². The second kappa shape index (κ2) is 16.8. The zero-order valence-corrected chi connectivity index (χ0v) is 30.3. The van der Waals surface area contributed by atoms with E-state index in [2.05, 4.69) is 20.4 Å². The van der Waals surface area contributed by atoms with Gasteiger partial charge in [-0.3, -0.25) is 19.8 Å². The van der Waals surface area contributed by atoms with Crippen LogP contribution in [0.1, 0.15) is 16.1 Å². The van der Waals surface area contributed by atoms with Gasteiger partial charge in [-0.05, 0) is 65.7 Å². The minimum Gasteiger partial charge on any atom is -0.508 e. The summed E-state index contributed by atoms with van der Waals surface area (Å²) in [6, 6.07) is 29.2. The standard InChI is InChI=1S/C37H37N7O7S2/c1-51-35-23-27(26-6-5-7-29(45)22-26)10-11-28(35)25-42-17-19-43(20-18-42)36-15-14-33(39-40-36)37(46)41-53(49,50)31-12-13-32(34(24-31)44(47)48)38-16-21-52-30-8-3-2-4-9-30/h2-15,22-24,38,45H,16-21,25H2,1H3,(H,41,46). The Hall–Kier alpha value is -5.71. The molecule has 1 amide bonds. The molecule has 274 valence electrons. The van der Waals surface area contributed by atoms with Gasteiger partial charge < -0.3 is 20.1 Å². The number of sulfonamides is 1. The lowest BCUT2D eigenvalue weighted by Gasteiger charge is -2.35. The highest BCUT2D eigenvalue weighted by atomic mass is 32.2. The fourth-order valence-corrected chi connectivity index (χ4v) is 7.58. The summed E-state index contributed by atoms with van der Waals surface area (Å²) >= 11 is 1.58. The highest BCUT2D eigenvalue weighted by molar-refractivity contribution is 7.99. The van der Waals surface area contributed by atoms with Crippen LogP contribution in [0.2, 0.25) is 0 Å². The minimum atomic E-state index is -4.47. The fraction of sp³-hybridized carbons (Fsp3) is 0.216. The van der Waals surface area contributed by atoms with Gasteiger partial charge in [0.25, 0.3) is 21.6 Å². The topological polar surface area (TPSA) is 180 Å². The summed E-state index contributed by atoms with van der Waals surface area (Å²) in [5, 5.41) is 32.8. The van der Waals surface area contributed by atoms with Gasteiger partial charge in [0.1, 0.15) is 17.2 Å². The van der Waals surface area contributed by atoms with Crippen LogP contribution >= 0.6 is 11.8 Å². The number of thioether (sulfide) groups is 1. The van der Waals surface area contributed by atoms with Crippen molar-refractivity contribution in [2.24, 2.45) is 0 Å². The fourth-order valence-electron chi connectivity index (χ4n) is 5.81. The average Bonchev–Trinajstić information content (AvgIpc) is 3.17. The molecule has 1 aliphatic heterocycles. The number of carbonyl (C=O) groups is 1. The Morgan fingerprint density at radius 3 is 2.40 bits per heavy atom. The van der Waals surface area contributed by atoms with E-state index < -0.39 is 31.4 Å². The number of nitro groups is 1. The number of aromatic hydroxyl groups is 1. The van der Waals surface area contributed by atoms with Gasteiger partial charge >= 0.3 is 0 Å². The first-order valence-corrected chi connectivity index (χ1v) is 19.1. The summed E-state index contributed by atoms with van der Waals surface area (Å²) in [5.74, 6) is 1.11. The second-order valence-corrected chi connectivity index (χ2v) is 14.9. The smallest absolute Gasteiger partial charge is 0.293 e. The first-order valence-electron chi connectivity index (χ1n) is 16.6. The number of rotatable bonds is 14. The van der Waals surface area contributed by atoms with Crippen molar-refractivity contribution < 1.29 is 28.0 Å². The number of phenolic OH excluding ortho intramolecular Hbond substituents is 1. The number of hydrogen-bond acceptors (Lipinski definition) is 13. The molecule has 0 aliphatic carbocycles. The molecule has 4 aromatic carbocycles. The number of phenols is 1. The van der Waals surface area contributed by atoms with Crippen LogP contribution in [0.3, 0.4) is 0 Å². The van der Waals surface area contributed by atoms with E-state index in [0.717, 1.165) is 46.5 Å². The molecule has 0 radical (unpaired) electrons. The normalized spacial score (nSPS) is 13.3. The van der Waals surface area contributed by atoms with E-state index in [9.17, 15) is 28.4 Å². The average molecular weight is 756 g/mol. The van der Waals surface area contributed by atoms with Gasteiger partial charge in [-0.2, -0.15) is 0 Å². The number of ether oxygens (including phenoxy) is 1. The Labute approximate surface area is 311 Å². The van der Waals surface area contributed by atoms with Gasteiger partial charge in [0, 0.05) is 61.5 Å². The number of nitro benzene ring substituents is 1. The quantitative estimate of drug-likeness (QED) is 0.0567. The number of benzene rings is 4. The molecule has 3 N–H and O–H groups in total. The Morgan fingerprint density at radius 1 is 0.925 bits per heavy atom. The van der Waals surface area contributed by atoms with Crippen molar-refractivity contribution in [1.82, 2.24) is 19.8 Å². The van der Waals surface area contributed by atoms with E-state index in [1.54, 1.807) is 43.1 Å². The van der Waals surface area contributed by atoms with Gasteiger partial charge in [0.15, 0.2) is 11.5 Å². The molecule has 14 nitrogen and oxygen atoms in total. The SMILES string of the molecule is COc1cc(-c2cccc(O)c2)ccc1CN1CCN(c2ccc(C(=O)NS(=O)(=O)c3ccc(NCCSc4ccccc4)c([N+](=O)[O-])c3)nn2)CC1. The summed E-state index contributed by atoms with van der Waals surface area (Å²) in [7, 11) is -2.83. The third-order valence-electron chi connectivity index (χ3n) is 8.57. The first kappa shape index (κ1) is 37.1. The predicted octanol–water partition coefficient (Wildman–Crippen LogP) is 5.41. The van der Waals surface area contributed by atoms with Crippen LogP contribution in [0.4, 0.5) is 17.2 Å². The van der Waals surface area contributed by atoms with Crippen molar-refractivity contribution in [3.8, 4) is 22.6 Å². The molecule has 1 aromatic heterocycles. The Balaban J connectivity index is 1.02. The summed E-state index contributed by atoms with van der Waals surface area (Å²) in [6.07, 6.45) is 0. The number of hydrogen-bond donors (Lipinski definition) is 3. The summed E-state index contributed by atoms with van der Waals surface area (Å²) in [4.78, 5) is 29.0. The lowest BCUT2D eigenvalue weighted by Crippen LogP contribution is -2.46. The second-order valence-electron chi connectivity index (χ2n) is 12.1. The molecule has 0 spiro atoms. The van der Waals surface area contributed by atoms with Crippen LogP contribution in [0, 0.1) is 10.1 Å². The van der Waals surface area contributed by atoms with Crippen LogP contribution in [0.25, 0.3) is 11.1 Å². The van der Waals surface area contributed by atoms with Gasteiger partial charge in [-0.15, -0.1) is 22.0 Å². The van der Waals surface area contributed by atoms with E-state index in [-0.39, 0.29) is 17.1 Å². The van der Waals surface area contributed by atoms with Gasteiger partial charge in [-0.1, -0.05) is 42.5 Å². The number of nitrogens with zero attached hydrogens (tertiary/aromatic N) is 5. The third kappa shape index (κ3) is 9.40. The Kier molecular flexibility index (Phi) is 11.7. The largest absolute Gasteiger partial charge is 0.508 e. The molecule has 6 rings (SSSR count). The number of aromatic nitrogens is 2. The minimum absolute atomic E-state index is 0.163. The monoisotopic (exact) mass is 755 g/mol. The Morgan fingerprint density at radius 2 is 1.70 bits per heavy atom. The summed E-state index contributed by atoms with van der Waals surface area (Å²) in [6.45, 7) is 3.83. The maximum Gasteiger partial charge on any atom is 0.293 e. The summed E-state index contributed by atoms with van der Waals surface area (Å²) < 4.78 is 33.8. The van der Waals surface area contributed by atoms with Crippen LogP contribution in [-0.2, 0) is 16.6 Å². The van der Waals surface area contributed by atoms with E-state index in [0.29, 0.717) is 37.7 Å². The van der Waals surface area contributed by atoms with Gasteiger partial charge in [-0.25, -0.2) is 13.1 Å². The molecule has 0 saturated carbocycles. The molecular formula is C37H37N7O7S2. The number of carbonyl (C=O) groups excluding carboxylic acids is 1. The molecule has 1 saturated heterocycles. The number of methoxy groups -OCH3 is 1. The molecule has 1 fully saturated rings. The zero-order chi connectivity index (χ0) is 37.4. The summed E-state index contributed by atoms with van der Waals surface area (Å²) in [5.41, 5.74) is 2.37. The highest BCUT2D eigenvalue weighted by Crippen LogP contribution is 2.31. The molecule has 16 heteroatoms. The molecule has 1 aliphatic rings. The molecule has 0 bridgehead atoms. The molecule has 0 unspecified atom stereocenters. The van der Waals surface area contributed by atoms with E-state index in [1.807, 2.05) is 64.2 Å². The highest BCUT2D eigenvalue weighted by Gasteiger charge is 2.25. The number of anilines is 2. The number of piperazine rings is 1. The van der Waals surface area contributed by atoms with E-state index in [1.165, 1.54) is 18.2 Å². The third-order valence-corrected chi connectivity index (χ3v) is 10.9. The van der Waals surface area contributed by atoms with Gasteiger partial charge in [0.2, 0.25) is 0 Å². The molecule has 0 atom stereocenters. The molecular weight excluding hydrogens is 719 g/mol. The maximum absolute atomic E-state index is 13.1. The molecule has 2 heterocycles. The maximum atomic E-state index is 13.1. The van der Waals surface area contributed by atoms with Crippen molar-refractivity contribution in [2.75, 3.05) is 55.8 Å². The van der Waals surface area contributed by atoms with E-state index >= 15 is 0 Å². The predicted molar refractivity (Wildman–Crippen MR) is 203 cm³/mol. The van der Waals surface area contributed by atoms with Crippen LogP contribution in [0.15, 0.2) is 113 Å². The van der Waals surface area contributed by atoms with Crippen molar-refractivity contribution in [1.29, 1.82) is 0 Å². The van der Waals surface area contributed by atoms with Crippen LogP contribution in [0.5, 0.6) is 11.5 Å². The first-order chi connectivity index (χ1) is 25.6. The number of amides is 1. The van der Waals surface area contributed by atoms with Crippen molar-refractivity contribution in [2.45, 2.75) is 16.3 Å². The molecule has 5 aromatic rings. The number of nitrogens with one attached hydrogen (secondary N) is 2. The lowest BCUT2D eigenvalue weighted by molar-refractivity contribution is -0.384. The van der Waals surface area contributed by atoms with Gasteiger partial charge in [0.05, 0.1) is 16.9 Å². The van der Waals surface area contributed by atoms with Crippen molar-refractivity contribution in [3.05, 3.63) is 124 Å². The Bertz CT molecular complexity index is 2180. The van der Waals surface area contributed by atoms with Crippen LogP contribution in [-0.4, -0.2) is 85.0 Å².